The maximum atomic E-state index is 3.88. The molecule has 5 rings (SSSR count). The molecule has 0 aromatic heterocycles. The van der Waals surface area contributed by atoms with Gasteiger partial charge in [0.1, 0.15) is 0 Å². The molecule has 0 aliphatic heterocycles. The Morgan fingerprint density at radius 1 is 0.542 bits per heavy atom. The Balaban J connectivity index is 2.03. The van der Waals surface area contributed by atoms with E-state index in [9.17, 15) is 0 Å². The third-order valence-corrected chi connectivity index (χ3v) is 4.98. The topological polar surface area (TPSA) is 0 Å². The Morgan fingerprint density at radius 3 is 2.17 bits per heavy atom. The molecule has 0 radical (unpaired) electrons. The molecule has 5 aromatic carbocycles. The first-order valence-electron chi connectivity index (χ1n) is 8.24. The molecule has 24 heavy (non-hydrogen) atoms. The van der Waals surface area contributed by atoms with Gasteiger partial charge in [-0.15, -0.1) is 0 Å². The first kappa shape index (κ1) is 13.3. The number of benzene rings is 5. The molecule has 0 saturated heterocycles. The molecule has 0 atom stereocenters. The van der Waals surface area contributed by atoms with Crippen LogP contribution in [0.15, 0.2) is 85.4 Å². The van der Waals surface area contributed by atoms with Crippen LogP contribution in [0.1, 0.15) is 5.56 Å². The van der Waals surface area contributed by atoms with E-state index in [-0.39, 0.29) is 0 Å². The first-order valence-corrected chi connectivity index (χ1v) is 8.24. The molecule has 0 aliphatic carbocycles. The molecule has 0 heteroatoms. The van der Waals surface area contributed by atoms with Gasteiger partial charge in [-0.05, 0) is 54.7 Å². The number of fused-ring (bicyclic) bond motifs is 7. The summed E-state index contributed by atoms with van der Waals surface area (Å²) < 4.78 is 0. The summed E-state index contributed by atoms with van der Waals surface area (Å²) in [7, 11) is 0. The lowest BCUT2D eigenvalue weighted by atomic mass is 9.93. The van der Waals surface area contributed by atoms with Crippen LogP contribution in [-0.2, 0) is 0 Å². The molecule has 0 spiro atoms. The van der Waals surface area contributed by atoms with E-state index in [2.05, 4.69) is 85.4 Å². The van der Waals surface area contributed by atoms with E-state index in [0.29, 0.717) is 0 Å². The Labute approximate surface area is 140 Å². The van der Waals surface area contributed by atoms with Gasteiger partial charge < -0.3 is 0 Å². The van der Waals surface area contributed by atoms with E-state index >= 15 is 0 Å². The van der Waals surface area contributed by atoms with Crippen LogP contribution in [0.25, 0.3) is 49.2 Å². The second-order valence-electron chi connectivity index (χ2n) is 6.30. The Kier molecular flexibility index (Phi) is 2.74. The number of hydrogen-bond acceptors (Lipinski definition) is 0. The van der Waals surface area contributed by atoms with E-state index in [1.54, 1.807) is 0 Å². The van der Waals surface area contributed by atoms with Gasteiger partial charge >= 0.3 is 0 Å². The zero-order valence-electron chi connectivity index (χ0n) is 13.3. The summed E-state index contributed by atoms with van der Waals surface area (Å²) in [6.45, 7) is 3.88. The van der Waals surface area contributed by atoms with Gasteiger partial charge in [0.25, 0.3) is 0 Å². The molecule has 0 nitrogen and oxygen atoms in total. The normalized spacial score (nSPS) is 11.5. The van der Waals surface area contributed by atoms with Gasteiger partial charge in [0.15, 0.2) is 0 Å². The van der Waals surface area contributed by atoms with Gasteiger partial charge in [-0.2, -0.15) is 0 Å². The van der Waals surface area contributed by atoms with Gasteiger partial charge in [0, 0.05) is 0 Å². The summed E-state index contributed by atoms with van der Waals surface area (Å²) in [5, 5.41) is 10.4. The SMILES string of the molecule is C=Cc1ccc2c(ccc3ccc4c5ccccc5ccc4c32)c1. The zero-order valence-corrected chi connectivity index (χ0v) is 13.3. The summed E-state index contributed by atoms with van der Waals surface area (Å²) in [5.41, 5.74) is 1.16. The molecule has 0 unspecified atom stereocenters. The average molecular weight is 304 g/mol. The van der Waals surface area contributed by atoms with Crippen LogP contribution < -0.4 is 0 Å². The molecule has 0 heterocycles. The third-order valence-electron chi connectivity index (χ3n) is 4.98. The van der Waals surface area contributed by atoms with Gasteiger partial charge in [-0.3, -0.25) is 0 Å². The third kappa shape index (κ3) is 1.80. The minimum absolute atomic E-state index is 1.16. The van der Waals surface area contributed by atoms with Crippen LogP contribution in [0.2, 0.25) is 0 Å². The van der Waals surface area contributed by atoms with Crippen LogP contribution >= 0.6 is 0 Å². The van der Waals surface area contributed by atoms with Crippen molar-refractivity contribution in [2.75, 3.05) is 0 Å². The molecule has 112 valence electrons. The molecule has 0 fully saturated rings. The smallest absolute Gasteiger partial charge is 0.00266 e. The maximum Gasteiger partial charge on any atom is -0.00266 e. The molecular formula is C24H16. The predicted molar refractivity (Wildman–Crippen MR) is 107 cm³/mol. The maximum absolute atomic E-state index is 3.88. The fourth-order valence-corrected chi connectivity index (χ4v) is 3.80. The van der Waals surface area contributed by atoms with E-state index in [0.717, 1.165) is 5.56 Å². The lowest BCUT2D eigenvalue weighted by Gasteiger charge is -2.11. The summed E-state index contributed by atoms with van der Waals surface area (Å²) in [6, 6.07) is 28.6. The first-order chi connectivity index (χ1) is 11.8. The van der Waals surface area contributed by atoms with Crippen molar-refractivity contribution in [1.82, 2.24) is 0 Å². The molecule has 0 saturated carbocycles. The molecule has 0 N–H and O–H groups in total. The summed E-state index contributed by atoms with van der Waals surface area (Å²) >= 11 is 0. The van der Waals surface area contributed by atoms with Gasteiger partial charge in [-0.25, -0.2) is 0 Å². The fraction of sp³-hybridized carbons (Fsp3) is 0. The molecule has 0 aliphatic rings. The second kappa shape index (κ2) is 4.94. The van der Waals surface area contributed by atoms with E-state index in [1.165, 1.54) is 43.1 Å². The Morgan fingerprint density at radius 2 is 1.25 bits per heavy atom. The fourth-order valence-electron chi connectivity index (χ4n) is 3.80. The molecule has 0 bridgehead atoms. The van der Waals surface area contributed by atoms with Gasteiger partial charge in [0.05, 0.1) is 0 Å². The minimum atomic E-state index is 1.16. The van der Waals surface area contributed by atoms with Crippen molar-refractivity contribution in [3.05, 3.63) is 91.0 Å². The largest absolute Gasteiger partial charge is 0.0985 e. The van der Waals surface area contributed by atoms with Crippen LogP contribution in [-0.4, -0.2) is 0 Å². The second-order valence-corrected chi connectivity index (χ2v) is 6.30. The monoisotopic (exact) mass is 304 g/mol. The average Bonchev–Trinajstić information content (AvgIpc) is 2.66. The lowest BCUT2D eigenvalue weighted by Crippen LogP contribution is -1.83. The van der Waals surface area contributed by atoms with Crippen molar-refractivity contribution >= 4 is 49.2 Å². The highest BCUT2D eigenvalue weighted by Gasteiger charge is 2.07. The highest BCUT2D eigenvalue weighted by atomic mass is 14.1. The number of rotatable bonds is 1. The highest BCUT2D eigenvalue weighted by molar-refractivity contribution is 6.24. The summed E-state index contributed by atoms with van der Waals surface area (Å²) in [6.07, 6.45) is 1.90. The predicted octanol–water partition coefficient (Wildman–Crippen LogP) is 6.94. The Hall–Kier alpha value is -3.12. The van der Waals surface area contributed by atoms with Crippen molar-refractivity contribution in [2.45, 2.75) is 0 Å². The lowest BCUT2D eigenvalue weighted by molar-refractivity contribution is 1.74. The van der Waals surface area contributed by atoms with Crippen molar-refractivity contribution in [3.8, 4) is 0 Å². The van der Waals surface area contributed by atoms with Crippen molar-refractivity contribution in [2.24, 2.45) is 0 Å². The quantitative estimate of drug-likeness (QED) is 0.294. The van der Waals surface area contributed by atoms with E-state index in [4.69, 9.17) is 0 Å². The van der Waals surface area contributed by atoms with Crippen LogP contribution in [0, 0.1) is 0 Å². The van der Waals surface area contributed by atoms with Crippen LogP contribution in [0.3, 0.4) is 0 Å². The molecule has 0 amide bonds. The van der Waals surface area contributed by atoms with Crippen LogP contribution in [0.5, 0.6) is 0 Å². The van der Waals surface area contributed by atoms with Crippen molar-refractivity contribution < 1.29 is 0 Å². The zero-order chi connectivity index (χ0) is 16.1. The number of hydrogen-bond donors (Lipinski definition) is 0. The molecular weight excluding hydrogens is 288 g/mol. The van der Waals surface area contributed by atoms with Crippen molar-refractivity contribution in [3.63, 3.8) is 0 Å². The standard InChI is InChI=1S/C24H16/c1-2-16-7-12-21-19(15-16)9-8-18-11-13-22-20-6-4-3-5-17(20)10-14-23(22)24(18)21/h2-15H,1H2. The van der Waals surface area contributed by atoms with Crippen LogP contribution in [0.4, 0.5) is 0 Å². The van der Waals surface area contributed by atoms with E-state index in [1.807, 2.05) is 6.08 Å². The highest BCUT2D eigenvalue weighted by Crippen LogP contribution is 2.35. The van der Waals surface area contributed by atoms with E-state index < -0.39 is 0 Å². The van der Waals surface area contributed by atoms with Gasteiger partial charge in [-0.1, -0.05) is 85.5 Å². The Bertz CT molecular complexity index is 1260. The minimum Gasteiger partial charge on any atom is -0.0985 e. The molecule has 5 aromatic rings. The summed E-state index contributed by atoms with van der Waals surface area (Å²) in [5.74, 6) is 0. The van der Waals surface area contributed by atoms with Gasteiger partial charge in [0.2, 0.25) is 0 Å². The van der Waals surface area contributed by atoms with Crippen molar-refractivity contribution in [1.29, 1.82) is 0 Å². The summed E-state index contributed by atoms with van der Waals surface area (Å²) in [4.78, 5) is 0.